The number of nitrogens with zero attached hydrogens (tertiary/aromatic N) is 2. The van der Waals surface area contributed by atoms with Crippen molar-refractivity contribution in [2.24, 2.45) is 5.10 Å². The molecule has 23 heavy (non-hydrogen) atoms. The summed E-state index contributed by atoms with van der Waals surface area (Å²) < 4.78 is 29.1. The number of alkyl halides is 2. The lowest BCUT2D eigenvalue weighted by Gasteiger charge is -2.07. The van der Waals surface area contributed by atoms with Gasteiger partial charge in [-0.05, 0) is 30.3 Å². The zero-order valence-corrected chi connectivity index (χ0v) is 12.0. The number of hydrazone groups is 1. The van der Waals surface area contributed by atoms with Crippen molar-refractivity contribution in [2.75, 3.05) is 5.43 Å². The maximum atomic E-state index is 12.3. The Kier molecular flexibility index (Phi) is 4.42. The van der Waals surface area contributed by atoms with E-state index in [-0.39, 0.29) is 5.75 Å². The molecular weight excluding hydrogens is 300 g/mol. The number of rotatable bonds is 5. The monoisotopic (exact) mass is 313 g/mol. The van der Waals surface area contributed by atoms with Crippen LogP contribution in [-0.2, 0) is 0 Å². The topological polar surface area (TPSA) is 46.5 Å². The van der Waals surface area contributed by atoms with Crippen LogP contribution in [0.1, 0.15) is 5.56 Å². The zero-order chi connectivity index (χ0) is 16.1. The van der Waals surface area contributed by atoms with Gasteiger partial charge >= 0.3 is 6.61 Å². The van der Waals surface area contributed by atoms with Crippen LogP contribution in [0.15, 0.2) is 65.8 Å². The lowest BCUT2D eigenvalue weighted by atomic mass is 10.2. The van der Waals surface area contributed by atoms with Gasteiger partial charge in [-0.1, -0.05) is 30.3 Å². The van der Waals surface area contributed by atoms with E-state index in [1.54, 1.807) is 24.3 Å². The van der Waals surface area contributed by atoms with Crippen LogP contribution >= 0.6 is 0 Å². The summed E-state index contributed by atoms with van der Waals surface area (Å²) >= 11 is 0. The number of pyridine rings is 1. The van der Waals surface area contributed by atoms with Gasteiger partial charge in [0.2, 0.25) is 0 Å². The van der Waals surface area contributed by atoms with Crippen LogP contribution in [0.25, 0.3) is 10.9 Å². The van der Waals surface area contributed by atoms with Crippen LogP contribution < -0.4 is 10.2 Å². The predicted molar refractivity (Wildman–Crippen MR) is 86.0 cm³/mol. The number of nitrogens with one attached hydrogen (secondary N) is 1. The van der Waals surface area contributed by atoms with Crippen LogP contribution in [0.5, 0.6) is 5.75 Å². The normalized spacial score (nSPS) is 11.3. The number of halogens is 2. The van der Waals surface area contributed by atoms with Gasteiger partial charge in [-0.3, -0.25) is 5.43 Å². The summed E-state index contributed by atoms with van der Waals surface area (Å²) in [5.74, 6) is 0.631. The molecule has 0 radical (unpaired) electrons. The molecule has 1 aromatic heterocycles. The van der Waals surface area contributed by atoms with E-state index in [0.29, 0.717) is 11.4 Å². The fraction of sp³-hybridized carbons (Fsp3) is 0.0588. The summed E-state index contributed by atoms with van der Waals surface area (Å²) in [4.78, 5) is 4.40. The Hall–Kier alpha value is -3.02. The molecule has 0 aliphatic heterocycles. The zero-order valence-electron chi connectivity index (χ0n) is 12.0. The van der Waals surface area contributed by atoms with E-state index in [1.807, 2.05) is 30.3 Å². The molecule has 1 heterocycles. The van der Waals surface area contributed by atoms with Crippen LogP contribution in [-0.4, -0.2) is 17.8 Å². The highest BCUT2D eigenvalue weighted by Crippen LogP contribution is 2.19. The molecule has 116 valence electrons. The van der Waals surface area contributed by atoms with Gasteiger partial charge in [-0.2, -0.15) is 13.9 Å². The van der Waals surface area contributed by atoms with Crippen molar-refractivity contribution in [1.29, 1.82) is 0 Å². The van der Waals surface area contributed by atoms with Gasteiger partial charge in [-0.25, -0.2) is 4.98 Å². The van der Waals surface area contributed by atoms with Crippen LogP contribution in [0.3, 0.4) is 0 Å². The summed E-state index contributed by atoms with van der Waals surface area (Å²) in [6, 6.07) is 17.9. The largest absolute Gasteiger partial charge is 0.434 e. The average Bonchev–Trinajstić information content (AvgIpc) is 2.56. The molecule has 0 bridgehead atoms. The predicted octanol–water partition coefficient (Wildman–Crippen LogP) is 4.28. The highest BCUT2D eigenvalue weighted by atomic mass is 19.3. The molecule has 0 saturated carbocycles. The number of para-hydroxylation sites is 2. The minimum Gasteiger partial charge on any atom is -0.434 e. The molecule has 4 nitrogen and oxygen atoms in total. The Morgan fingerprint density at radius 3 is 2.65 bits per heavy atom. The minimum atomic E-state index is -2.88. The molecule has 0 aliphatic carbocycles. The van der Waals surface area contributed by atoms with Gasteiger partial charge in [0, 0.05) is 10.9 Å². The smallest absolute Gasteiger partial charge is 0.387 e. The van der Waals surface area contributed by atoms with E-state index in [0.717, 1.165) is 10.9 Å². The number of anilines is 1. The first-order valence-corrected chi connectivity index (χ1v) is 6.91. The molecule has 0 aliphatic rings. The van der Waals surface area contributed by atoms with Crippen molar-refractivity contribution in [3.05, 3.63) is 66.2 Å². The Morgan fingerprint density at radius 1 is 1.00 bits per heavy atom. The number of benzene rings is 2. The van der Waals surface area contributed by atoms with Crippen molar-refractivity contribution in [2.45, 2.75) is 6.61 Å². The van der Waals surface area contributed by atoms with E-state index < -0.39 is 6.61 Å². The molecule has 0 fully saturated rings. The summed E-state index contributed by atoms with van der Waals surface area (Å²) in [6.07, 6.45) is 1.41. The summed E-state index contributed by atoms with van der Waals surface area (Å²) in [5.41, 5.74) is 4.07. The van der Waals surface area contributed by atoms with Crippen LogP contribution in [0.4, 0.5) is 14.6 Å². The molecule has 0 saturated heterocycles. The SMILES string of the molecule is FC(F)Oc1ccccc1C=NNc1ccc2ccccc2n1. The Morgan fingerprint density at radius 2 is 1.78 bits per heavy atom. The molecule has 6 heteroatoms. The number of hydrogen-bond donors (Lipinski definition) is 1. The molecule has 3 aromatic rings. The third kappa shape index (κ3) is 3.79. The van der Waals surface area contributed by atoms with Gasteiger partial charge < -0.3 is 4.74 Å². The highest BCUT2D eigenvalue weighted by Gasteiger charge is 2.07. The Labute approximate surface area is 131 Å². The maximum absolute atomic E-state index is 12.3. The van der Waals surface area contributed by atoms with Crippen LogP contribution in [0.2, 0.25) is 0 Å². The second kappa shape index (κ2) is 6.83. The van der Waals surface area contributed by atoms with Crippen molar-refractivity contribution in [3.8, 4) is 5.75 Å². The first kappa shape index (κ1) is 14.9. The van der Waals surface area contributed by atoms with Crippen LogP contribution in [0, 0.1) is 0 Å². The van der Waals surface area contributed by atoms with Gasteiger partial charge in [-0.15, -0.1) is 0 Å². The van der Waals surface area contributed by atoms with E-state index >= 15 is 0 Å². The van der Waals surface area contributed by atoms with E-state index in [2.05, 4.69) is 20.2 Å². The molecule has 1 N–H and O–H groups in total. The van der Waals surface area contributed by atoms with Crippen molar-refractivity contribution < 1.29 is 13.5 Å². The summed E-state index contributed by atoms with van der Waals surface area (Å²) in [5, 5.41) is 5.05. The number of fused-ring (bicyclic) bond motifs is 1. The third-order valence-corrected chi connectivity index (χ3v) is 3.12. The van der Waals surface area contributed by atoms with E-state index in [4.69, 9.17) is 0 Å². The standard InChI is InChI=1S/C17H13F2N3O/c18-17(19)23-15-8-4-2-6-13(15)11-20-22-16-10-9-12-5-1-3-7-14(12)21-16/h1-11,17H,(H,21,22). The van der Waals surface area contributed by atoms with Gasteiger partial charge in [0.25, 0.3) is 0 Å². The molecule has 0 spiro atoms. The lowest BCUT2D eigenvalue weighted by molar-refractivity contribution is -0.0499. The van der Waals surface area contributed by atoms with E-state index in [1.165, 1.54) is 12.3 Å². The lowest BCUT2D eigenvalue weighted by Crippen LogP contribution is -2.04. The van der Waals surface area contributed by atoms with Crippen molar-refractivity contribution >= 4 is 22.9 Å². The van der Waals surface area contributed by atoms with Crippen molar-refractivity contribution in [1.82, 2.24) is 4.98 Å². The Bertz CT molecular complexity index is 837. The summed E-state index contributed by atoms with van der Waals surface area (Å²) in [6.45, 7) is -2.88. The molecule has 3 rings (SSSR count). The second-order valence-electron chi connectivity index (χ2n) is 4.68. The fourth-order valence-corrected chi connectivity index (χ4v) is 2.09. The number of hydrogen-bond acceptors (Lipinski definition) is 4. The van der Waals surface area contributed by atoms with E-state index in [9.17, 15) is 8.78 Å². The van der Waals surface area contributed by atoms with Gasteiger partial charge in [0.05, 0.1) is 11.7 Å². The van der Waals surface area contributed by atoms with Gasteiger partial charge in [0.15, 0.2) is 0 Å². The molecular formula is C17H13F2N3O. The highest BCUT2D eigenvalue weighted by molar-refractivity contribution is 5.84. The average molecular weight is 313 g/mol. The quantitative estimate of drug-likeness (QED) is 0.565. The van der Waals surface area contributed by atoms with Crippen molar-refractivity contribution in [3.63, 3.8) is 0 Å². The minimum absolute atomic E-state index is 0.0690. The number of aromatic nitrogens is 1. The second-order valence-corrected chi connectivity index (χ2v) is 4.68. The summed E-state index contributed by atoms with van der Waals surface area (Å²) in [7, 11) is 0. The molecule has 0 amide bonds. The fourth-order valence-electron chi connectivity index (χ4n) is 2.09. The van der Waals surface area contributed by atoms with Gasteiger partial charge in [0.1, 0.15) is 11.6 Å². The molecule has 0 unspecified atom stereocenters. The first-order valence-electron chi connectivity index (χ1n) is 6.91. The Balaban J connectivity index is 1.75. The third-order valence-electron chi connectivity index (χ3n) is 3.12. The molecule has 2 aromatic carbocycles. The number of ether oxygens (including phenoxy) is 1. The molecule has 0 atom stereocenters. The maximum Gasteiger partial charge on any atom is 0.387 e. The first-order chi connectivity index (χ1) is 11.2.